The number of nitrogens with zero attached hydrogens (tertiary/aromatic N) is 1. The number of halogens is 4. The minimum atomic E-state index is -4.52. The highest BCUT2D eigenvalue weighted by Crippen LogP contribution is 2.24. The molecule has 0 fully saturated rings. The van der Waals surface area contributed by atoms with E-state index in [1.165, 1.54) is 30.3 Å². The fourth-order valence-electron chi connectivity index (χ4n) is 1.20. The molecule has 6 heteroatoms. The Morgan fingerprint density at radius 2 is 1.82 bits per heavy atom. The predicted octanol–water partition coefficient (Wildman–Crippen LogP) is 2.62. The third kappa shape index (κ3) is 4.41. The number of hydrogen-bond donors (Lipinski definition) is 1. The van der Waals surface area contributed by atoms with Crippen LogP contribution in [0.4, 0.5) is 17.6 Å². The molecule has 1 N–H and O–H groups in total. The molecule has 92 valence electrons. The van der Waals surface area contributed by atoms with Gasteiger partial charge >= 0.3 is 6.18 Å². The first-order chi connectivity index (χ1) is 7.93. The second kappa shape index (κ2) is 5.64. The van der Waals surface area contributed by atoms with Crippen molar-refractivity contribution in [1.82, 2.24) is 5.32 Å². The van der Waals surface area contributed by atoms with Gasteiger partial charge in [0.15, 0.2) is 5.92 Å². The molecule has 0 amide bonds. The number of nitriles is 1. The molecule has 0 aliphatic heterocycles. The van der Waals surface area contributed by atoms with Crippen LogP contribution in [0.1, 0.15) is 5.56 Å². The van der Waals surface area contributed by atoms with Crippen molar-refractivity contribution < 1.29 is 17.6 Å². The molecule has 0 saturated heterocycles. The Labute approximate surface area is 95.9 Å². The van der Waals surface area contributed by atoms with E-state index in [4.69, 9.17) is 5.26 Å². The zero-order valence-corrected chi connectivity index (χ0v) is 8.76. The lowest BCUT2D eigenvalue weighted by atomic mass is 10.1. The van der Waals surface area contributed by atoms with Crippen molar-refractivity contribution in [2.75, 3.05) is 6.54 Å². The Morgan fingerprint density at radius 3 is 2.29 bits per heavy atom. The monoisotopic (exact) mass is 246 g/mol. The fraction of sp³-hybridized carbons (Fsp3) is 0.364. The van der Waals surface area contributed by atoms with E-state index in [1.807, 2.05) is 0 Å². The summed E-state index contributed by atoms with van der Waals surface area (Å²) in [6, 6.07) is 6.58. The molecule has 1 unspecified atom stereocenters. The van der Waals surface area contributed by atoms with Crippen LogP contribution in [0.3, 0.4) is 0 Å². The van der Waals surface area contributed by atoms with Crippen molar-refractivity contribution in [3.05, 3.63) is 35.6 Å². The third-order valence-electron chi connectivity index (χ3n) is 2.14. The van der Waals surface area contributed by atoms with E-state index >= 15 is 0 Å². The highest BCUT2D eigenvalue weighted by molar-refractivity contribution is 5.15. The van der Waals surface area contributed by atoms with Crippen molar-refractivity contribution in [1.29, 1.82) is 5.26 Å². The van der Waals surface area contributed by atoms with Crippen LogP contribution in [0.15, 0.2) is 24.3 Å². The first kappa shape index (κ1) is 13.5. The number of hydrogen-bond acceptors (Lipinski definition) is 2. The first-order valence-corrected chi connectivity index (χ1v) is 4.85. The fourth-order valence-corrected chi connectivity index (χ4v) is 1.20. The molecular formula is C11H10F4N2. The lowest BCUT2D eigenvalue weighted by molar-refractivity contribution is -0.157. The first-order valence-electron chi connectivity index (χ1n) is 4.85. The molecule has 0 spiro atoms. The van der Waals surface area contributed by atoms with Crippen molar-refractivity contribution >= 4 is 0 Å². The van der Waals surface area contributed by atoms with Gasteiger partial charge in [-0.05, 0) is 17.7 Å². The Bertz CT molecular complexity index is 391. The van der Waals surface area contributed by atoms with Crippen molar-refractivity contribution in [2.24, 2.45) is 5.92 Å². The van der Waals surface area contributed by atoms with Gasteiger partial charge in [0.05, 0.1) is 6.07 Å². The highest BCUT2D eigenvalue weighted by atomic mass is 19.4. The SMILES string of the molecule is N#CC(CNCc1ccc(F)cc1)C(F)(F)F. The van der Waals surface area contributed by atoms with Crippen LogP contribution in [-0.4, -0.2) is 12.7 Å². The second-order valence-electron chi connectivity index (χ2n) is 3.48. The smallest absolute Gasteiger partial charge is 0.311 e. The van der Waals surface area contributed by atoms with Gasteiger partial charge in [-0.15, -0.1) is 0 Å². The zero-order chi connectivity index (χ0) is 12.9. The average Bonchev–Trinajstić information content (AvgIpc) is 2.25. The van der Waals surface area contributed by atoms with Crippen LogP contribution < -0.4 is 5.32 Å². The lowest BCUT2D eigenvalue weighted by Gasteiger charge is -2.13. The molecule has 0 bridgehead atoms. The second-order valence-corrected chi connectivity index (χ2v) is 3.48. The summed E-state index contributed by atoms with van der Waals surface area (Å²) in [5.41, 5.74) is 0.658. The predicted molar refractivity (Wildman–Crippen MR) is 53.3 cm³/mol. The van der Waals surface area contributed by atoms with Crippen molar-refractivity contribution in [3.8, 4) is 6.07 Å². The summed E-state index contributed by atoms with van der Waals surface area (Å²) in [5, 5.41) is 10.8. The lowest BCUT2D eigenvalue weighted by Crippen LogP contribution is -2.32. The summed E-state index contributed by atoms with van der Waals surface area (Å²) in [6.45, 7) is -0.314. The van der Waals surface area contributed by atoms with Gasteiger partial charge in [0.2, 0.25) is 0 Å². The maximum Gasteiger partial charge on any atom is 0.405 e. The topological polar surface area (TPSA) is 35.8 Å². The van der Waals surface area contributed by atoms with Crippen LogP contribution in [0, 0.1) is 23.1 Å². The Kier molecular flexibility index (Phi) is 4.46. The Hall–Kier alpha value is -1.61. The van der Waals surface area contributed by atoms with Gasteiger partial charge in [-0.2, -0.15) is 18.4 Å². The molecule has 0 aliphatic rings. The number of benzene rings is 1. The van der Waals surface area contributed by atoms with Crippen LogP contribution >= 0.6 is 0 Å². The van der Waals surface area contributed by atoms with Gasteiger partial charge in [-0.3, -0.25) is 0 Å². The summed E-state index contributed by atoms with van der Waals surface area (Å²) in [6.07, 6.45) is -4.52. The van der Waals surface area contributed by atoms with Crippen molar-refractivity contribution in [3.63, 3.8) is 0 Å². The van der Waals surface area contributed by atoms with E-state index in [9.17, 15) is 17.6 Å². The molecular weight excluding hydrogens is 236 g/mol. The van der Waals surface area contributed by atoms with Crippen LogP contribution in [0.5, 0.6) is 0 Å². The summed E-state index contributed by atoms with van der Waals surface area (Å²) < 4.78 is 49.1. The third-order valence-corrected chi connectivity index (χ3v) is 2.14. The van der Waals surface area contributed by atoms with E-state index in [0.717, 1.165) is 0 Å². The van der Waals surface area contributed by atoms with Crippen LogP contribution in [0.25, 0.3) is 0 Å². The van der Waals surface area contributed by atoms with Gasteiger partial charge in [0, 0.05) is 13.1 Å². The van der Waals surface area contributed by atoms with Gasteiger partial charge in [0.25, 0.3) is 0 Å². The molecule has 2 nitrogen and oxygen atoms in total. The maximum atomic E-state index is 12.5. The van der Waals surface area contributed by atoms with Gasteiger partial charge in [-0.1, -0.05) is 12.1 Å². The summed E-state index contributed by atoms with van der Waals surface area (Å²) in [7, 11) is 0. The minimum Gasteiger partial charge on any atom is -0.311 e. The Balaban J connectivity index is 2.42. The van der Waals surface area contributed by atoms with E-state index in [2.05, 4.69) is 5.32 Å². The molecule has 0 aliphatic carbocycles. The van der Waals surface area contributed by atoms with E-state index in [1.54, 1.807) is 0 Å². The molecule has 17 heavy (non-hydrogen) atoms. The molecule has 1 aromatic carbocycles. The molecule has 1 rings (SSSR count). The highest BCUT2D eigenvalue weighted by Gasteiger charge is 2.39. The quantitative estimate of drug-likeness (QED) is 0.829. The minimum absolute atomic E-state index is 0.161. The number of rotatable bonds is 4. The van der Waals surface area contributed by atoms with Gasteiger partial charge in [0.1, 0.15) is 5.82 Å². The molecule has 1 aromatic rings. The Morgan fingerprint density at radius 1 is 1.24 bits per heavy atom. The molecule has 0 radical (unpaired) electrons. The molecule has 0 saturated carbocycles. The summed E-state index contributed by atoms with van der Waals surface area (Å²) in [5.74, 6) is -2.43. The van der Waals surface area contributed by atoms with E-state index in [0.29, 0.717) is 5.56 Å². The van der Waals surface area contributed by atoms with E-state index < -0.39 is 24.5 Å². The zero-order valence-electron chi connectivity index (χ0n) is 8.76. The average molecular weight is 246 g/mol. The standard InChI is InChI=1S/C11H10F4N2/c12-10-3-1-8(2-4-10)6-17-7-9(5-16)11(13,14)15/h1-4,9,17H,6-7H2. The normalized spacial score (nSPS) is 13.1. The molecule has 0 aromatic heterocycles. The van der Waals surface area contributed by atoms with Crippen LogP contribution in [0.2, 0.25) is 0 Å². The molecule has 0 heterocycles. The largest absolute Gasteiger partial charge is 0.405 e. The summed E-state index contributed by atoms with van der Waals surface area (Å²) >= 11 is 0. The number of nitrogens with one attached hydrogen (secondary N) is 1. The van der Waals surface area contributed by atoms with Gasteiger partial charge < -0.3 is 5.32 Å². The molecule has 1 atom stereocenters. The summed E-state index contributed by atoms with van der Waals surface area (Å²) in [4.78, 5) is 0. The van der Waals surface area contributed by atoms with Crippen molar-refractivity contribution in [2.45, 2.75) is 12.7 Å². The number of alkyl halides is 3. The van der Waals surface area contributed by atoms with E-state index in [-0.39, 0.29) is 6.54 Å². The van der Waals surface area contributed by atoms with Gasteiger partial charge in [-0.25, -0.2) is 4.39 Å². The van der Waals surface area contributed by atoms with Crippen LogP contribution in [-0.2, 0) is 6.54 Å². The maximum absolute atomic E-state index is 12.5.